The van der Waals surface area contributed by atoms with Gasteiger partial charge in [0.25, 0.3) is 11.6 Å². The Labute approximate surface area is 162 Å². The van der Waals surface area contributed by atoms with Crippen molar-refractivity contribution < 1.29 is 19.2 Å². The molecule has 2 aromatic carbocycles. The van der Waals surface area contributed by atoms with Crippen LogP contribution in [0.3, 0.4) is 0 Å². The van der Waals surface area contributed by atoms with Crippen molar-refractivity contribution in [1.29, 1.82) is 0 Å². The van der Waals surface area contributed by atoms with Gasteiger partial charge in [0, 0.05) is 12.1 Å². The summed E-state index contributed by atoms with van der Waals surface area (Å²) in [6, 6.07) is 8.42. The summed E-state index contributed by atoms with van der Waals surface area (Å²) in [6.07, 6.45) is 1.42. The molecule has 1 fully saturated rings. The molecule has 1 aliphatic heterocycles. The number of non-ortho nitro benzene ring substituents is 1. The van der Waals surface area contributed by atoms with E-state index >= 15 is 0 Å². The maximum absolute atomic E-state index is 11.6. The molecular weight excluding hydrogens is 397 g/mol. The lowest BCUT2D eigenvalue weighted by molar-refractivity contribution is -0.384. The van der Waals surface area contributed by atoms with E-state index in [4.69, 9.17) is 27.9 Å². The van der Waals surface area contributed by atoms with Gasteiger partial charge < -0.3 is 10.1 Å². The van der Waals surface area contributed by atoms with Crippen LogP contribution in [0.2, 0.25) is 10.0 Å². The average molecular weight is 408 g/mol. The van der Waals surface area contributed by atoms with E-state index in [2.05, 4.69) is 10.6 Å². The molecule has 0 spiro atoms. The van der Waals surface area contributed by atoms with Crippen molar-refractivity contribution in [1.82, 2.24) is 10.6 Å². The third-order valence-corrected chi connectivity index (χ3v) is 4.12. The van der Waals surface area contributed by atoms with Gasteiger partial charge in [0.15, 0.2) is 5.75 Å². The Bertz CT molecular complexity index is 967. The normalized spacial score (nSPS) is 14.8. The smallest absolute Gasteiger partial charge is 0.326 e. The zero-order valence-corrected chi connectivity index (χ0v) is 15.0. The molecule has 1 heterocycles. The Morgan fingerprint density at radius 3 is 2.41 bits per heavy atom. The lowest BCUT2D eigenvalue weighted by Crippen LogP contribution is -2.22. The molecule has 1 aliphatic rings. The standard InChI is InChI=1S/C17H11Cl2N3O5/c18-12-5-10(7-14-16(23)21-17(24)20-14)6-13(19)15(12)27-8-9-2-1-3-11(4-9)22(25)26/h1-7H,8H2,(H2,20,21,23,24)/b14-7+. The van der Waals surface area contributed by atoms with Crippen LogP contribution in [0.1, 0.15) is 11.1 Å². The largest absolute Gasteiger partial charge is 0.486 e. The maximum Gasteiger partial charge on any atom is 0.326 e. The monoisotopic (exact) mass is 407 g/mol. The van der Waals surface area contributed by atoms with Crippen molar-refractivity contribution in [3.8, 4) is 5.75 Å². The molecule has 10 heteroatoms. The lowest BCUT2D eigenvalue weighted by Gasteiger charge is -2.11. The van der Waals surface area contributed by atoms with Gasteiger partial charge in [0.2, 0.25) is 0 Å². The molecule has 0 aromatic heterocycles. The summed E-state index contributed by atoms with van der Waals surface area (Å²) in [5, 5.41) is 15.6. The summed E-state index contributed by atoms with van der Waals surface area (Å²) >= 11 is 12.4. The first-order chi connectivity index (χ1) is 12.8. The first-order valence-corrected chi connectivity index (χ1v) is 8.28. The second-order valence-corrected chi connectivity index (χ2v) is 6.31. The van der Waals surface area contributed by atoms with Gasteiger partial charge in [-0.25, -0.2) is 4.79 Å². The van der Waals surface area contributed by atoms with E-state index in [-0.39, 0.29) is 33.8 Å². The van der Waals surface area contributed by atoms with Crippen LogP contribution in [0.25, 0.3) is 6.08 Å². The van der Waals surface area contributed by atoms with Crippen molar-refractivity contribution in [2.45, 2.75) is 6.61 Å². The van der Waals surface area contributed by atoms with Crippen molar-refractivity contribution in [3.63, 3.8) is 0 Å². The SMILES string of the molecule is O=C1NC(=O)/C(=C\c2cc(Cl)c(OCc3cccc([N+](=O)[O-])c3)c(Cl)c2)N1. The number of carbonyl (C=O) groups is 2. The van der Waals surface area contributed by atoms with Gasteiger partial charge in [-0.3, -0.25) is 20.2 Å². The second kappa shape index (κ2) is 7.65. The molecule has 27 heavy (non-hydrogen) atoms. The number of benzene rings is 2. The number of nitrogens with zero attached hydrogens (tertiary/aromatic N) is 1. The number of nitro benzene ring substituents is 1. The summed E-state index contributed by atoms with van der Waals surface area (Å²) in [4.78, 5) is 33.0. The predicted octanol–water partition coefficient (Wildman–Crippen LogP) is 3.66. The minimum absolute atomic E-state index is 0.0278. The number of hydrogen-bond acceptors (Lipinski definition) is 5. The quantitative estimate of drug-likeness (QED) is 0.340. The number of urea groups is 1. The van der Waals surface area contributed by atoms with Gasteiger partial charge >= 0.3 is 6.03 Å². The van der Waals surface area contributed by atoms with Gasteiger partial charge in [-0.15, -0.1) is 0 Å². The number of imide groups is 1. The highest BCUT2D eigenvalue weighted by Gasteiger charge is 2.23. The highest BCUT2D eigenvalue weighted by molar-refractivity contribution is 6.37. The fourth-order valence-corrected chi connectivity index (χ4v) is 2.98. The number of hydrogen-bond donors (Lipinski definition) is 2. The third-order valence-electron chi connectivity index (χ3n) is 3.56. The average Bonchev–Trinajstić information content (AvgIpc) is 2.91. The highest BCUT2D eigenvalue weighted by Crippen LogP contribution is 2.35. The molecule has 0 saturated carbocycles. The molecule has 138 valence electrons. The topological polar surface area (TPSA) is 111 Å². The first-order valence-electron chi connectivity index (χ1n) is 7.52. The number of amides is 3. The lowest BCUT2D eigenvalue weighted by atomic mass is 10.1. The van der Waals surface area contributed by atoms with Crippen LogP contribution in [0.4, 0.5) is 10.5 Å². The molecule has 0 atom stereocenters. The number of nitro groups is 1. The Kier molecular flexibility index (Phi) is 5.29. The van der Waals surface area contributed by atoms with E-state index in [9.17, 15) is 19.7 Å². The molecule has 0 radical (unpaired) electrons. The number of halogens is 2. The van der Waals surface area contributed by atoms with Gasteiger partial charge in [-0.1, -0.05) is 35.3 Å². The molecule has 0 aliphatic carbocycles. The van der Waals surface area contributed by atoms with Gasteiger partial charge in [0.05, 0.1) is 15.0 Å². The third kappa shape index (κ3) is 4.36. The zero-order valence-electron chi connectivity index (χ0n) is 13.5. The first kappa shape index (κ1) is 18.7. The second-order valence-electron chi connectivity index (χ2n) is 5.50. The molecule has 1 saturated heterocycles. The molecule has 2 aromatic rings. The van der Waals surface area contributed by atoms with Crippen LogP contribution in [0, 0.1) is 10.1 Å². The Hall–Kier alpha value is -3.10. The molecule has 2 N–H and O–H groups in total. The van der Waals surface area contributed by atoms with E-state index in [0.29, 0.717) is 11.1 Å². The van der Waals surface area contributed by atoms with Crippen LogP contribution >= 0.6 is 23.2 Å². The van der Waals surface area contributed by atoms with Crippen molar-refractivity contribution >= 4 is 46.9 Å². The van der Waals surface area contributed by atoms with Crippen LogP contribution in [-0.4, -0.2) is 16.9 Å². The van der Waals surface area contributed by atoms with Gasteiger partial charge in [-0.05, 0) is 29.3 Å². The zero-order chi connectivity index (χ0) is 19.6. The number of nitrogens with one attached hydrogen (secondary N) is 2. The van der Waals surface area contributed by atoms with Crippen LogP contribution in [-0.2, 0) is 11.4 Å². The molecule has 3 amide bonds. The predicted molar refractivity (Wildman–Crippen MR) is 98.5 cm³/mol. The van der Waals surface area contributed by atoms with Crippen molar-refractivity contribution in [2.24, 2.45) is 0 Å². The number of carbonyl (C=O) groups excluding carboxylic acids is 2. The molecule has 8 nitrogen and oxygen atoms in total. The number of ether oxygens (including phenoxy) is 1. The van der Waals surface area contributed by atoms with E-state index in [1.54, 1.807) is 12.1 Å². The summed E-state index contributed by atoms with van der Waals surface area (Å²) in [5.74, 6) is -0.356. The van der Waals surface area contributed by atoms with Crippen LogP contribution in [0.15, 0.2) is 42.1 Å². The Morgan fingerprint density at radius 2 is 1.81 bits per heavy atom. The molecule has 3 rings (SSSR count). The van der Waals surface area contributed by atoms with E-state index in [1.165, 1.54) is 30.3 Å². The minimum atomic E-state index is -0.611. The summed E-state index contributed by atoms with van der Waals surface area (Å²) < 4.78 is 5.60. The van der Waals surface area contributed by atoms with Crippen molar-refractivity contribution in [2.75, 3.05) is 0 Å². The van der Waals surface area contributed by atoms with Crippen LogP contribution < -0.4 is 15.4 Å². The maximum atomic E-state index is 11.6. The van der Waals surface area contributed by atoms with E-state index in [0.717, 1.165) is 0 Å². The Balaban J connectivity index is 1.78. The van der Waals surface area contributed by atoms with E-state index in [1.807, 2.05) is 0 Å². The fourth-order valence-electron chi connectivity index (χ4n) is 2.37. The van der Waals surface area contributed by atoms with Crippen molar-refractivity contribution in [3.05, 3.63) is 73.4 Å². The van der Waals surface area contributed by atoms with E-state index < -0.39 is 16.9 Å². The molecule has 0 unspecified atom stereocenters. The highest BCUT2D eigenvalue weighted by atomic mass is 35.5. The summed E-state index contributed by atoms with van der Waals surface area (Å²) in [6.45, 7) is 0.0278. The number of rotatable bonds is 5. The summed E-state index contributed by atoms with van der Waals surface area (Å²) in [7, 11) is 0. The molecule has 0 bridgehead atoms. The fraction of sp³-hybridized carbons (Fsp3) is 0.0588. The van der Waals surface area contributed by atoms with Gasteiger partial charge in [0.1, 0.15) is 12.3 Å². The Morgan fingerprint density at radius 1 is 1.11 bits per heavy atom. The van der Waals surface area contributed by atoms with Gasteiger partial charge in [-0.2, -0.15) is 0 Å². The van der Waals surface area contributed by atoms with Crippen LogP contribution in [0.5, 0.6) is 5.75 Å². The minimum Gasteiger partial charge on any atom is -0.486 e. The summed E-state index contributed by atoms with van der Waals surface area (Å²) in [5.41, 5.74) is 1.08. The molecular formula is C17H11Cl2N3O5.